The van der Waals surface area contributed by atoms with Gasteiger partial charge in [-0.2, -0.15) is 13.2 Å². The Labute approximate surface area is 168 Å². The number of carbonyl (C=O) groups is 2. The number of rotatable bonds is 7. The highest BCUT2D eigenvalue weighted by atomic mass is 79.9. The summed E-state index contributed by atoms with van der Waals surface area (Å²) in [5.41, 5.74) is 1.05. The van der Waals surface area contributed by atoms with Crippen LogP contribution >= 0.6 is 15.9 Å². The van der Waals surface area contributed by atoms with Gasteiger partial charge in [0.15, 0.2) is 0 Å². The van der Waals surface area contributed by atoms with Crippen molar-refractivity contribution in [2.75, 3.05) is 18.5 Å². The van der Waals surface area contributed by atoms with E-state index in [1.54, 1.807) is 36.5 Å². The van der Waals surface area contributed by atoms with Crippen molar-refractivity contribution in [1.82, 2.24) is 5.32 Å². The molecule has 0 saturated carbocycles. The second-order valence-electron chi connectivity index (χ2n) is 5.93. The molecule has 5 nitrogen and oxygen atoms in total. The lowest BCUT2D eigenvalue weighted by Crippen LogP contribution is -2.33. The van der Waals surface area contributed by atoms with Crippen LogP contribution in [0.25, 0.3) is 0 Å². The zero-order chi connectivity index (χ0) is 20.7. The SMILES string of the molecule is Cc1ccc(C(=O)NCC(F)(F)F)cc1NC(=O)CCOc1cccc(Br)c1. The van der Waals surface area contributed by atoms with E-state index in [1.807, 2.05) is 6.07 Å². The molecule has 150 valence electrons. The van der Waals surface area contributed by atoms with E-state index in [4.69, 9.17) is 4.74 Å². The average Bonchev–Trinajstić information content (AvgIpc) is 2.61. The first-order chi connectivity index (χ1) is 13.1. The minimum Gasteiger partial charge on any atom is -0.493 e. The highest BCUT2D eigenvalue weighted by molar-refractivity contribution is 9.10. The summed E-state index contributed by atoms with van der Waals surface area (Å²) in [6.07, 6.45) is -4.43. The van der Waals surface area contributed by atoms with Crippen LogP contribution in [0.3, 0.4) is 0 Å². The van der Waals surface area contributed by atoms with Gasteiger partial charge in [-0.3, -0.25) is 9.59 Å². The van der Waals surface area contributed by atoms with Gasteiger partial charge < -0.3 is 15.4 Å². The van der Waals surface area contributed by atoms with Crippen LogP contribution in [0.15, 0.2) is 46.9 Å². The van der Waals surface area contributed by atoms with Gasteiger partial charge in [-0.25, -0.2) is 0 Å². The molecule has 2 aromatic carbocycles. The summed E-state index contributed by atoms with van der Waals surface area (Å²) in [4.78, 5) is 24.0. The predicted octanol–water partition coefficient (Wildman–Crippen LogP) is 4.46. The summed E-state index contributed by atoms with van der Waals surface area (Å²) in [5.74, 6) is -0.599. The number of hydrogen-bond acceptors (Lipinski definition) is 3. The summed E-state index contributed by atoms with van der Waals surface area (Å²) < 4.78 is 43.0. The number of halogens is 4. The maximum Gasteiger partial charge on any atom is 0.405 e. The Hall–Kier alpha value is -2.55. The number of carbonyl (C=O) groups excluding carboxylic acids is 2. The number of alkyl halides is 3. The predicted molar refractivity (Wildman–Crippen MR) is 102 cm³/mol. The van der Waals surface area contributed by atoms with Crippen molar-refractivity contribution in [3.8, 4) is 5.75 Å². The van der Waals surface area contributed by atoms with Gasteiger partial charge in [0.25, 0.3) is 5.91 Å². The summed E-state index contributed by atoms with van der Waals surface area (Å²) in [7, 11) is 0. The Balaban J connectivity index is 1.91. The maximum absolute atomic E-state index is 12.2. The highest BCUT2D eigenvalue weighted by Gasteiger charge is 2.28. The quantitative estimate of drug-likeness (QED) is 0.643. The van der Waals surface area contributed by atoms with E-state index in [-0.39, 0.29) is 24.5 Å². The van der Waals surface area contributed by atoms with Crippen LogP contribution in [-0.2, 0) is 4.79 Å². The zero-order valence-corrected chi connectivity index (χ0v) is 16.5. The van der Waals surface area contributed by atoms with Gasteiger partial charge >= 0.3 is 6.18 Å². The average molecular weight is 459 g/mol. The molecular weight excluding hydrogens is 441 g/mol. The summed E-state index contributed by atoms with van der Waals surface area (Å²) in [6, 6.07) is 11.5. The normalized spacial score (nSPS) is 11.0. The fourth-order valence-electron chi connectivity index (χ4n) is 2.21. The highest BCUT2D eigenvalue weighted by Crippen LogP contribution is 2.19. The molecule has 0 unspecified atom stereocenters. The van der Waals surface area contributed by atoms with Crippen LogP contribution in [0.4, 0.5) is 18.9 Å². The molecule has 2 N–H and O–H groups in total. The Kier molecular flexibility index (Phi) is 7.45. The zero-order valence-electron chi connectivity index (χ0n) is 14.9. The molecule has 0 aliphatic heterocycles. The van der Waals surface area contributed by atoms with E-state index in [0.29, 0.717) is 17.0 Å². The molecule has 9 heteroatoms. The van der Waals surface area contributed by atoms with Crippen molar-refractivity contribution >= 4 is 33.4 Å². The Morgan fingerprint density at radius 1 is 1.14 bits per heavy atom. The van der Waals surface area contributed by atoms with Gasteiger partial charge in [-0.05, 0) is 42.8 Å². The molecule has 2 amide bonds. The molecule has 0 bridgehead atoms. The lowest BCUT2D eigenvalue weighted by atomic mass is 10.1. The standard InChI is InChI=1S/C19H18BrF3N2O3/c1-12-5-6-13(18(27)24-11-19(21,22)23)9-16(12)25-17(26)7-8-28-15-4-2-3-14(20)10-15/h2-6,9-10H,7-8,11H2,1H3,(H,24,27)(H,25,26). The van der Waals surface area contributed by atoms with Crippen molar-refractivity contribution < 1.29 is 27.5 Å². The number of benzene rings is 2. The van der Waals surface area contributed by atoms with Crippen molar-refractivity contribution in [2.24, 2.45) is 0 Å². The van der Waals surface area contributed by atoms with Crippen molar-refractivity contribution in [3.63, 3.8) is 0 Å². The third-order valence-electron chi connectivity index (χ3n) is 3.62. The minimum absolute atomic E-state index is 0.0236. The molecule has 0 aromatic heterocycles. The second kappa shape index (κ2) is 9.59. The number of ether oxygens (including phenoxy) is 1. The van der Waals surface area contributed by atoms with Crippen molar-refractivity contribution in [3.05, 3.63) is 58.1 Å². The fraction of sp³-hybridized carbons (Fsp3) is 0.263. The largest absolute Gasteiger partial charge is 0.493 e. The first-order valence-corrected chi connectivity index (χ1v) is 9.07. The van der Waals surface area contributed by atoms with Gasteiger partial charge in [-0.1, -0.05) is 28.1 Å². The Morgan fingerprint density at radius 2 is 1.89 bits per heavy atom. The van der Waals surface area contributed by atoms with Crippen molar-refractivity contribution in [1.29, 1.82) is 0 Å². The van der Waals surface area contributed by atoms with Gasteiger partial charge in [-0.15, -0.1) is 0 Å². The van der Waals surface area contributed by atoms with Crippen molar-refractivity contribution in [2.45, 2.75) is 19.5 Å². The van der Waals surface area contributed by atoms with Crippen LogP contribution in [0.5, 0.6) is 5.75 Å². The Morgan fingerprint density at radius 3 is 2.57 bits per heavy atom. The number of amides is 2. The minimum atomic E-state index is -4.49. The van der Waals surface area contributed by atoms with E-state index in [9.17, 15) is 22.8 Å². The van der Waals surface area contributed by atoms with E-state index in [2.05, 4.69) is 21.2 Å². The van der Waals surface area contributed by atoms with Gasteiger partial charge in [0.05, 0.1) is 13.0 Å². The summed E-state index contributed by atoms with van der Waals surface area (Å²) >= 11 is 3.32. The molecule has 0 aliphatic rings. The van der Waals surface area contributed by atoms with E-state index >= 15 is 0 Å². The van der Waals surface area contributed by atoms with Crippen LogP contribution in [0.2, 0.25) is 0 Å². The lowest BCUT2D eigenvalue weighted by Gasteiger charge is -2.12. The fourth-order valence-corrected chi connectivity index (χ4v) is 2.59. The molecule has 2 aromatic rings. The molecule has 0 radical (unpaired) electrons. The lowest BCUT2D eigenvalue weighted by molar-refractivity contribution is -0.123. The number of aryl methyl sites for hydroxylation is 1. The number of anilines is 1. The first-order valence-electron chi connectivity index (χ1n) is 8.28. The topological polar surface area (TPSA) is 67.4 Å². The van der Waals surface area contributed by atoms with Gasteiger partial charge in [0.2, 0.25) is 5.91 Å². The molecule has 0 fully saturated rings. The molecule has 0 spiro atoms. The van der Waals surface area contributed by atoms with Crippen LogP contribution < -0.4 is 15.4 Å². The van der Waals surface area contributed by atoms with Crippen LogP contribution in [0.1, 0.15) is 22.3 Å². The van der Waals surface area contributed by atoms with Crippen LogP contribution in [0, 0.1) is 6.92 Å². The molecule has 0 atom stereocenters. The van der Waals surface area contributed by atoms with E-state index < -0.39 is 18.6 Å². The monoisotopic (exact) mass is 458 g/mol. The molecule has 0 saturated heterocycles. The van der Waals surface area contributed by atoms with E-state index in [1.165, 1.54) is 12.1 Å². The van der Waals surface area contributed by atoms with Crippen LogP contribution in [-0.4, -0.2) is 31.1 Å². The molecule has 0 heterocycles. The number of hydrogen-bond donors (Lipinski definition) is 2. The Bertz CT molecular complexity index is 857. The first kappa shape index (κ1) is 21.7. The molecule has 28 heavy (non-hydrogen) atoms. The summed E-state index contributed by atoms with van der Waals surface area (Å²) in [5, 5.41) is 4.44. The van der Waals surface area contributed by atoms with Gasteiger partial charge in [0, 0.05) is 15.7 Å². The summed E-state index contributed by atoms with van der Waals surface area (Å²) in [6.45, 7) is 0.437. The third kappa shape index (κ3) is 7.22. The molecular formula is C19H18BrF3N2O3. The van der Waals surface area contributed by atoms with E-state index in [0.717, 1.165) is 4.47 Å². The van der Waals surface area contributed by atoms with Gasteiger partial charge in [0.1, 0.15) is 12.3 Å². The smallest absolute Gasteiger partial charge is 0.405 e. The third-order valence-corrected chi connectivity index (χ3v) is 4.11. The maximum atomic E-state index is 12.2. The molecule has 2 rings (SSSR count). The second-order valence-corrected chi connectivity index (χ2v) is 6.85. The number of nitrogens with one attached hydrogen (secondary N) is 2. The molecule has 0 aliphatic carbocycles.